The Morgan fingerprint density at radius 3 is 3.17 bits per heavy atom. The number of ether oxygens (including phenoxy) is 1. The molecular weight excluding hydrogens is 248 g/mol. The van der Waals surface area contributed by atoms with E-state index in [9.17, 15) is 4.79 Å². The molecule has 1 aliphatic heterocycles. The van der Waals surface area contributed by atoms with Crippen molar-refractivity contribution in [3.05, 3.63) is 24.3 Å². The number of anilines is 1. The molecule has 1 fully saturated rings. The molecular formula is C13H18N2O2S. The van der Waals surface area contributed by atoms with E-state index < -0.39 is 0 Å². The van der Waals surface area contributed by atoms with E-state index >= 15 is 0 Å². The summed E-state index contributed by atoms with van der Waals surface area (Å²) in [5.74, 6) is 0.452. The molecule has 2 N–H and O–H groups in total. The van der Waals surface area contributed by atoms with Crippen LogP contribution in [0.1, 0.15) is 6.42 Å². The smallest absolute Gasteiger partial charge is 0.319 e. The molecule has 0 bridgehead atoms. The summed E-state index contributed by atoms with van der Waals surface area (Å²) in [6.45, 7) is 2.24. The lowest BCUT2D eigenvalue weighted by molar-refractivity contribution is 0.185. The lowest BCUT2D eigenvalue weighted by Crippen LogP contribution is -2.33. The Morgan fingerprint density at radius 2 is 2.44 bits per heavy atom. The fraction of sp³-hybridized carbons (Fsp3) is 0.462. The molecule has 4 nitrogen and oxygen atoms in total. The molecule has 0 radical (unpaired) electrons. The molecule has 0 saturated carbocycles. The molecule has 0 aliphatic carbocycles. The zero-order valence-corrected chi connectivity index (χ0v) is 11.3. The van der Waals surface area contributed by atoms with Crippen LogP contribution in [0.4, 0.5) is 10.5 Å². The molecule has 2 amide bonds. The van der Waals surface area contributed by atoms with Gasteiger partial charge in [-0.25, -0.2) is 4.79 Å². The summed E-state index contributed by atoms with van der Waals surface area (Å²) in [6.07, 6.45) is 3.04. The average molecular weight is 266 g/mol. The number of hydrogen-bond donors (Lipinski definition) is 2. The van der Waals surface area contributed by atoms with E-state index in [0.29, 0.717) is 12.5 Å². The Bertz CT molecular complexity index is 406. The Hall–Kier alpha value is -1.20. The second-order valence-electron chi connectivity index (χ2n) is 4.30. The Balaban J connectivity index is 1.78. The summed E-state index contributed by atoms with van der Waals surface area (Å²) >= 11 is 1.66. The van der Waals surface area contributed by atoms with Gasteiger partial charge < -0.3 is 15.4 Å². The second-order valence-corrected chi connectivity index (χ2v) is 5.18. The van der Waals surface area contributed by atoms with E-state index in [-0.39, 0.29) is 6.03 Å². The zero-order chi connectivity index (χ0) is 12.8. The number of amides is 2. The second kappa shape index (κ2) is 6.66. The van der Waals surface area contributed by atoms with Gasteiger partial charge in [-0.15, -0.1) is 11.8 Å². The van der Waals surface area contributed by atoms with Crippen molar-refractivity contribution in [2.45, 2.75) is 11.3 Å². The summed E-state index contributed by atoms with van der Waals surface area (Å²) < 4.78 is 5.26. The summed E-state index contributed by atoms with van der Waals surface area (Å²) in [5.41, 5.74) is 0.821. The van der Waals surface area contributed by atoms with E-state index in [2.05, 4.69) is 10.6 Å². The van der Waals surface area contributed by atoms with Crippen LogP contribution in [0.2, 0.25) is 0 Å². The maximum Gasteiger partial charge on any atom is 0.319 e. The first kappa shape index (κ1) is 13.2. The molecule has 2 rings (SSSR count). The average Bonchev–Trinajstić information content (AvgIpc) is 2.90. The van der Waals surface area contributed by atoms with Crippen LogP contribution in [0.25, 0.3) is 0 Å². The molecule has 1 aliphatic rings. The molecule has 1 heterocycles. The fourth-order valence-electron chi connectivity index (χ4n) is 1.86. The van der Waals surface area contributed by atoms with Gasteiger partial charge >= 0.3 is 6.03 Å². The highest BCUT2D eigenvalue weighted by molar-refractivity contribution is 7.98. The van der Waals surface area contributed by atoms with Gasteiger partial charge in [0.1, 0.15) is 0 Å². The quantitative estimate of drug-likeness (QED) is 0.824. The Morgan fingerprint density at radius 1 is 1.56 bits per heavy atom. The van der Waals surface area contributed by atoms with Crippen LogP contribution in [0.3, 0.4) is 0 Å². The minimum absolute atomic E-state index is 0.153. The SMILES string of the molecule is CSc1cccc(NC(=O)NC[C@@H]2CCOC2)c1. The van der Waals surface area contributed by atoms with Gasteiger partial charge in [0.15, 0.2) is 0 Å². The summed E-state index contributed by atoms with van der Waals surface area (Å²) in [7, 11) is 0. The number of urea groups is 1. The van der Waals surface area contributed by atoms with Gasteiger partial charge in [-0.2, -0.15) is 0 Å². The lowest BCUT2D eigenvalue weighted by Gasteiger charge is -2.11. The summed E-state index contributed by atoms with van der Waals surface area (Å²) in [4.78, 5) is 12.8. The first-order valence-electron chi connectivity index (χ1n) is 6.04. The molecule has 0 aromatic heterocycles. The monoisotopic (exact) mass is 266 g/mol. The zero-order valence-electron chi connectivity index (χ0n) is 10.4. The number of thioether (sulfide) groups is 1. The number of nitrogens with one attached hydrogen (secondary N) is 2. The molecule has 1 aromatic rings. The van der Waals surface area contributed by atoms with E-state index in [1.807, 2.05) is 30.5 Å². The minimum Gasteiger partial charge on any atom is -0.381 e. The molecule has 0 unspecified atom stereocenters. The highest BCUT2D eigenvalue weighted by Gasteiger charge is 2.16. The van der Waals surface area contributed by atoms with Gasteiger partial charge in [0.25, 0.3) is 0 Å². The van der Waals surface area contributed by atoms with Crippen molar-refractivity contribution in [3.8, 4) is 0 Å². The number of rotatable bonds is 4. The molecule has 1 aromatic carbocycles. The van der Waals surface area contributed by atoms with Gasteiger partial charge in [0.05, 0.1) is 6.61 Å². The maximum atomic E-state index is 11.7. The normalized spacial score (nSPS) is 18.6. The van der Waals surface area contributed by atoms with Crippen LogP contribution in [0.5, 0.6) is 0 Å². The molecule has 0 spiro atoms. The van der Waals surface area contributed by atoms with E-state index in [1.165, 1.54) is 0 Å². The van der Waals surface area contributed by atoms with Gasteiger partial charge in [-0.05, 0) is 30.9 Å². The topological polar surface area (TPSA) is 50.4 Å². The fourth-order valence-corrected chi connectivity index (χ4v) is 2.32. The molecule has 5 heteroatoms. The maximum absolute atomic E-state index is 11.7. The predicted octanol–water partition coefficient (Wildman–Crippen LogP) is 2.57. The van der Waals surface area contributed by atoms with Gasteiger partial charge in [-0.1, -0.05) is 6.07 Å². The van der Waals surface area contributed by atoms with Gasteiger partial charge in [0.2, 0.25) is 0 Å². The van der Waals surface area contributed by atoms with Crippen LogP contribution >= 0.6 is 11.8 Å². The van der Waals surface area contributed by atoms with Crippen LogP contribution in [0.15, 0.2) is 29.2 Å². The van der Waals surface area contributed by atoms with Crippen molar-refractivity contribution < 1.29 is 9.53 Å². The van der Waals surface area contributed by atoms with Crippen molar-refractivity contribution >= 4 is 23.5 Å². The Labute approximate surface area is 111 Å². The number of benzene rings is 1. The number of hydrogen-bond acceptors (Lipinski definition) is 3. The van der Waals surface area contributed by atoms with Crippen molar-refractivity contribution in [1.82, 2.24) is 5.32 Å². The van der Waals surface area contributed by atoms with Crippen LogP contribution in [0, 0.1) is 5.92 Å². The predicted molar refractivity (Wildman–Crippen MR) is 74.2 cm³/mol. The van der Waals surface area contributed by atoms with E-state index in [1.54, 1.807) is 11.8 Å². The standard InChI is InChI=1S/C13H18N2O2S/c1-18-12-4-2-3-11(7-12)15-13(16)14-8-10-5-6-17-9-10/h2-4,7,10H,5-6,8-9H2,1H3,(H2,14,15,16)/t10-/m0/s1. The van der Waals surface area contributed by atoms with Crippen molar-refractivity contribution in [3.63, 3.8) is 0 Å². The number of carbonyl (C=O) groups is 1. The van der Waals surface area contributed by atoms with Gasteiger partial charge in [-0.3, -0.25) is 0 Å². The minimum atomic E-state index is -0.153. The van der Waals surface area contributed by atoms with Crippen molar-refractivity contribution in [1.29, 1.82) is 0 Å². The van der Waals surface area contributed by atoms with E-state index in [4.69, 9.17) is 4.74 Å². The number of carbonyl (C=O) groups excluding carboxylic acids is 1. The molecule has 18 heavy (non-hydrogen) atoms. The molecule has 1 atom stereocenters. The highest BCUT2D eigenvalue weighted by atomic mass is 32.2. The van der Waals surface area contributed by atoms with Crippen LogP contribution < -0.4 is 10.6 Å². The lowest BCUT2D eigenvalue weighted by atomic mass is 10.1. The first-order valence-corrected chi connectivity index (χ1v) is 7.27. The largest absolute Gasteiger partial charge is 0.381 e. The van der Waals surface area contributed by atoms with Crippen molar-refractivity contribution in [2.24, 2.45) is 5.92 Å². The first-order chi connectivity index (χ1) is 8.78. The molecule has 98 valence electrons. The summed E-state index contributed by atoms with van der Waals surface area (Å²) in [6, 6.07) is 7.65. The van der Waals surface area contributed by atoms with E-state index in [0.717, 1.165) is 30.2 Å². The highest BCUT2D eigenvalue weighted by Crippen LogP contribution is 2.18. The van der Waals surface area contributed by atoms with Crippen LogP contribution in [-0.4, -0.2) is 32.0 Å². The Kier molecular flexibility index (Phi) is 4.90. The molecule has 1 saturated heterocycles. The third-order valence-electron chi connectivity index (χ3n) is 2.90. The van der Waals surface area contributed by atoms with Crippen molar-refractivity contribution in [2.75, 3.05) is 31.3 Å². The van der Waals surface area contributed by atoms with Crippen LogP contribution in [-0.2, 0) is 4.74 Å². The van der Waals surface area contributed by atoms with Gasteiger partial charge in [0, 0.05) is 29.7 Å². The third kappa shape index (κ3) is 3.92. The summed E-state index contributed by atoms with van der Waals surface area (Å²) in [5, 5.41) is 5.71. The third-order valence-corrected chi connectivity index (χ3v) is 3.63.